The number of hydrogen-bond acceptors (Lipinski definition) is 4. The van der Waals surface area contributed by atoms with Gasteiger partial charge in [-0.05, 0) is 66.8 Å². The molecule has 1 atom stereocenters. The first-order valence-corrected chi connectivity index (χ1v) is 12.9. The van der Waals surface area contributed by atoms with Crippen LogP contribution in [0.3, 0.4) is 0 Å². The Balaban J connectivity index is 1.25. The fourth-order valence-electron chi connectivity index (χ4n) is 4.75. The lowest BCUT2D eigenvalue weighted by molar-refractivity contribution is -0.122. The van der Waals surface area contributed by atoms with E-state index in [0.717, 1.165) is 35.0 Å². The molecule has 6 nitrogen and oxygen atoms in total. The van der Waals surface area contributed by atoms with Crippen molar-refractivity contribution in [2.45, 2.75) is 45.1 Å². The normalized spacial score (nSPS) is 17.5. The zero-order valence-corrected chi connectivity index (χ0v) is 21.0. The van der Waals surface area contributed by atoms with Gasteiger partial charge in [-0.25, -0.2) is 0 Å². The Labute approximate surface area is 213 Å². The standard InChI is InChI=1S/C30H34N4O2/c1-21(2)27-10-6-7-11-28(27)33-19-22(18-29(33)35)30(36)32-24-14-16-26(17-15-24)34(20-31-23-12-13-23)25-8-4-3-5-9-25/h3-11,14-17,21-23,31H,12-13,18-20H2,1-2H3,(H,32,36). The van der Waals surface area contributed by atoms with Crippen LogP contribution in [0, 0.1) is 5.92 Å². The third-order valence-corrected chi connectivity index (χ3v) is 6.98. The van der Waals surface area contributed by atoms with Crippen LogP contribution in [0.5, 0.6) is 0 Å². The molecule has 2 amide bonds. The van der Waals surface area contributed by atoms with Crippen LogP contribution in [0.25, 0.3) is 0 Å². The third-order valence-electron chi connectivity index (χ3n) is 6.98. The second-order valence-corrected chi connectivity index (χ2v) is 10.1. The highest BCUT2D eigenvalue weighted by atomic mass is 16.2. The molecule has 1 saturated carbocycles. The number of amides is 2. The molecule has 36 heavy (non-hydrogen) atoms. The number of benzene rings is 3. The van der Waals surface area contributed by atoms with E-state index in [1.54, 1.807) is 4.90 Å². The molecule has 1 saturated heterocycles. The molecule has 3 aromatic rings. The molecule has 2 fully saturated rings. The summed E-state index contributed by atoms with van der Waals surface area (Å²) >= 11 is 0. The summed E-state index contributed by atoms with van der Waals surface area (Å²) in [5.74, 6) is -0.188. The lowest BCUT2D eigenvalue weighted by Crippen LogP contribution is -2.32. The smallest absolute Gasteiger partial charge is 0.229 e. The summed E-state index contributed by atoms with van der Waals surface area (Å²) < 4.78 is 0. The average Bonchev–Trinajstić information content (AvgIpc) is 3.64. The highest BCUT2D eigenvalue weighted by Gasteiger charge is 2.36. The van der Waals surface area contributed by atoms with Gasteiger partial charge < -0.3 is 15.1 Å². The van der Waals surface area contributed by atoms with Crippen molar-refractivity contribution in [2.75, 3.05) is 28.3 Å². The topological polar surface area (TPSA) is 64.7 Å². The molecular weight excluding hydrogens is 448 g/mol. The van der Waals surface area contributed by atoms with Crippen molar-refractivity contribution in [1.29, 1.82) is 0 Å². The van der Waals surface area contributed by atoms with Crippen molar-refractivity contribution in [3.8, 4) is 0 Å². The predicted octanol–water partition coefficient (Wildman–Crippen LogP) is 5.65. The summed E-state index contributed by atoms with van der Waals surface area (Å²) in [6.45, 7) is 5.38. The number of nitrogens with one attached hydrogen (secondary N) is 2. The highest BCUT2D eigenvalue weighted by Crippen LogP contribution is 2.33. The van der Waals surface area contributed by atoms with E-state index in [1.165, 1.54) is 12.8 Å². The van der Waals surface area contributed by atoms with Crippen LogP contribution in [-0.4, -0.2) is 31.1 Å². The van der Waals surface area contributed by atoms with Crippen LogP contribution in [-0.2, 0) is 9.59 Å². The van der Waals surface area contributed by atoms with Crippen LogP contribution in [0.2, 0.25) is 0 Å². The molecule has 0 spiro atoms. The fraction of sp³-hybridized carbons (Fsp3) is 0.333. The molecule has 0 bridgehead atoms. The van der Waals surface area contributed by atoms with Crippen LogP contribution in [0.15, 0.2) is 78.9 Å². The van der Waals surface area contributed by atoms with Gasteiger partial charge in [-0.3, -0.25) is 14.9 Å². The first kappa shape index (κ1) is 24.1. The van der Waals surface area contributed by atoms with Gasteiger partial charge in [0.1, 0.15) is 0 Å². The number of para-hydroxylation sites is 2. The van der Waals surface area contributed by atoms with Crippen molar-refractivity contribution in [1.82, 2.24) is 5.32 Å². The second-order valence-electron chi connectivity index (χ2n) is 10.1. The van der Waals surface area contributed by atoms with Gasteiger partial charge in [0.15, 0.2) is 0 Å². The molecule has 1 aliphatic carbocycles. The van der Waals surface area contributed by atoms with Crippen LogP contribution >= 0.6 is 0 Å². The SMILES string of the molecule is CC(C)c1ccccc1N1CC(C(=O)Nc2ccc(N(CNC3CC3)c3ccccc3)cc2)CC1=O. The molecule has 1 heterocycles. The lowest BCUT2D eigenvalue weighted by Gasteiger charge is -2.26. The fourth-order valence-corrected chi connectivity index (χ4v) is 4.75. The van der Waals surface area contributed by atoms with Crippen molar-refractivity contribution < 1.29 is 9.59 Å². The number of nitrogens with zero attached hydrogens (tertiary/aromatic N) is 2. The van der Waals surface area contributed by atoms with Gasteiger partial charge in [-0.2, -0.15) is 0 Å². The minimum absolute atomic E-state index is 0.000244. The van der Waals surface area contributed by atoms with Gasteiger partial charge in [0.25, 0.3) is 0 Å². The zero-order chi connectivity index (χ0) is 25.1. The maximum atomic E-state index is 13.1. The maximum Gasteiger partial charge on any atom is 0.229 e. The van der Waals surface area contributed by atoms with Gasteiger partial charge in [-0.1, -0.05) is 50.2 Å². The van der Waals surface area contributed by atoms with E-state index in [-0.39, 0.29) is 24.2 Å². The van der Waals surface area contributed by atoms with Gasteiger partial charge in [0, 0.05) is 41.8 Å². The quantitative estimate of drug-likeness (QED) is 0.387. The lowest BCUT2D eigenvalue weighted by atomic mass is 10.0. The molecule has 0 radical (unpaired) electrons. The minimum Gasteiger partial charge on any atom is -0.328 e. The Morgan fingerprint density at radius 1 is 0.944 bits per heavy atom. The Morgan fingerprint density at radius 2 is 1.61 bits per heavy atom. The molecular formula is C30H34N4O2. The minimum atomic E-state index is -0.374. The van der Waals surface area contributed by atoms with E-state index in [1.807, 2.05) is 60.7 Å². The summed E-state index contributed by atoms with van der Waals surface area (Å²) in [5, 5.41) is 6.62. The summed E-state index contributed by atoms with van der Waals surface area (Å²) in [6.07, 6.45) is 2.69. The van der Waals surface area contributed by atoms with E-state index >= 15 is 0 Å². The van der Waals surface area contributed by atoms with Crippen molar-refractivity contribution >= 4 is 34.6 Å². The number of carbonyl (C=O) groups excluding carboxylic acids is 2. The van der Waals surface area contributed by atoms with Gasteiger partial charge in [0.2, 0.25) is 11.8 Å². The molecule has 2 aliphatic rings. The van der Waals surface area contributed by atoms with E-state index < -0.39 is 0 Å². The molecule has 186 valence electrons. The van der Waals surface area contributed by atoms with Crippen molar-refractivity contribution in [3.05, 3.63) is 84.4 Å². The number of rotatable bonds is 9. The second kappa shape index (κ2) is 10.5. The third kappa shape index (κ3) is 5.44. The Morgan fingerprint density at radius 3 is 2.31 bits per heavy atom. The highest BCUT2D eigenvalue weighted by molar-refractivity contribution is 6.04. The molecule has 2 N–H and O–H groups in total. The first-order valence-electron chi connectivity index (χ1n) is 12.9. The van der Waals surface area contributed by atoms with Crippen LogP contribution < -0.4 is 20.4 Å². The molecule has 3 aromatic carbocycles. The van der Waals surface area contributed by atoms with E-state index in [2.05, 4.69) is 47.6 Å². The molecule has 1 unspecified atom stereocenters. The molecule has 1 aliphatic heterocycles. The van der Waals surface area contributed by atoms with E-state index in [9.17, 15) is 9.59 Å². The predicted molar refractivity (Wildman–Crippen MR) is 146 cm³/mol. The van der Waals surface area contributed by atoms with Crippen LogP contribution in [0.4, 0.5) is 22.7 Å². The first-order chi connectivity index (χ1) is 17.5. The Hall–Kier alpha value is -3.64. The van der Waals surface area contributed by atoms with Gasteiger partial charge in [-0.15, -0.1) is 0 Å². The summed E-state index contributed by atoms with van der Waals surface area (Å²) in [7, 11) is 0. The van der Waals surface area contributed by atoms with E-state index in [4.69, 9.17) is 0 Å². The van der Waals surface area contributed by atoms with Crippen molar-refractivity contribution in [3.63, 3.8) is 0 Å². The Bertz CT molecular complexity index is 1210. The van der Waals surface area contributed by atoms with Gasteiger partial charge >= 0.3 is 0 Å². The van der Waals surface area contributed by atoms with Crippen molar-refractivity contribution in [2.24, 2.45) is 5.92 Å². The summed E-state index contributed by atoms with van der Waals surface area (Å²) in [4.78, 5) is 29.9. The zero-order valence-electron chi connectivity index (χ0n) is 21.0. The van der Waals surface area contributed by atoms with Gasteiger partial charge in [0.05, 0.1) is 12.6 Å². The maximum absolute atomic E-state index is 13.1. The Kier molecular flexibility index (Phi) is 7.05. The molecule has 5 rings (SSSR count). The van der Waals surface area contributed by atoms with Crippen LogP contribution in [0.1, 0.15) is 44.6 Å². The van der Waals surface area contributed by atoms with E-state index in [0.29, 0.717) is 18.5 Å². The summed E-state index contributed by atoms with van der Waals surface area (Å²) in [5.41, 5.74) is 4.95. The number of carbonyl (C=O) groups is 2. The average molecular weight is 483 g/mol. The monoisotopic (exact) mass is 482 g/mol. The molecule has 6 heteroatoms. The number of anilines is 4. The summed E-state index contributed by atoms with van der Waals surface area (Å²) in [6, 6.07) is 26.8. The largest absolute Gasteiger partial charge is 0.328 e. The molecule has 0 aromatic heterocycles. The number of hydrogen-bond donors (Lipinski definition) is 2.